The highest BCUT2D eigenvalue weighted by molar-refractivity contribution is 6.05. The molecule has 2 amide bonds. The van der Waals surface area contributed by atoms with Gasteiger partial charge in [0, 0.05) is 17.0 Å². The topological polar surface area (TPSA) is 116 Å². The number of nitrogens with one attached hydrogen (secondary N) is 2. The number of methoxy groups -OCH3 is 1. The molecule has 0 aliphatic rings. The standard InChI is InChI=1S/C25H23N3O5/c1-31-19-11-8-17-14-23(33-22(17)15-19)25(30)27-12-13-32-18-9-6-16(7-10-18)24(29)28-21-5-3-2-4-20(21)26/h2-11,14-15H,12-13,26H2,1H3,(H,27,30)(H,28,29). The molecule has 4 aromatic rings. The van der Waals surface area contributed by atoms with E-state index in [0.717, 1.165) is 5.39 Å². The maximum Gasteiger partial charge on any atom is 0.287 e. The van der Waals surface area contributed by atoms with Crippen LogP contribution in [-0.4, -0.2) is 32.1 Å². The fraction of sp³-hybridized carbons (Fsp3) is 0.120. The SMILES string of the molecule is COc1ccc2cc(C(=O)NCCOc3ccc(C(=O)Nc4ccccc4N)cc3)oc2c1. The van der Waals surface area contributed by atoms with Gasteiger partial charge in [0.05, 0.1) is 25.0 Å². The van der Waals surface area contributed by atoms with Crippen LogP contribution >= 0.6 is 0 Å². The number of benzene rings is 3. The molecule has 168 valence electrons. The van der Waals surface area contributed by atoms with Crippen molar-refractivity contribution in [3.8, 4) is 11.5 Å². The maximum absolute atomic E-state index is 12.4. The van der Waals surface area contributed by atoms with E-state index in [0.29, 0.717) is 34.0 Å². The van der Waals surface area contributed by atoms with E-state index in [9.17, 15) is 9.59 Å². The van der Waals surface area contributed by atoms with Crippen molar-refractivity contribution in [3.05, 3.63) is 84.1 Å². The third-order valence-electron chi connectivity index (χ3n) is 4.93. The van der Waals surface area contributed by atoms with Crippen molar-refractivity contribution in [2.75, 3.05) is 31.3 Å². The van der Waals surface area contributed by atoms with E-state index in [1.807, 2.05) is 6.07 Å². The Bertz CT molecular complexity index is 1280. The number of hydrogen-bond donors (Lipinski definition) is 3. The minimum Gasteiger partial charge on any atom is -0.497 e. The van der Waals surface area contributed by atoms with Crippen LogP contribution in [0.15, 0.2) is 77.2 Å². The van der Waals surface area contributed by atoms with E-state index in [1.165, 1.54) is 0 Å². The quantitative estimate of drug-likeness (QED) is 0.278. The molecular weight excluding hydrogens is 422 g/mol. The van der Waals surface area contributed by atoms with E-state index in [1.54, 1.807) is 73.8 Å². The number of ether oxygens (including phenoxy) is 2. The van der Waals surface area contributed by atoms with Crippen molar-refractivity contribution in [2.24, 2.45) is 0 Å². The van der Waals surface area contributed by atoms with Crippen molar-refractivity contribution < 1.29 is 23.5 Å². The molecular formula is C25H23N3O5. The molecule has 1 aromatic heterocycles. The van der Waals surface area contributed by atoms with Gasteiger partial charge in [-0.1, -0.05) is 12.1 Å². The summed E-state index contributed by atoms with van der Waals surface area (Å²) in [6.45, 7) is 0.542. The molecule has 0 radical (unpaired) electrons. The van der Waals surface area contributed by atoms with Crippen LogP contribution in [0, 0.1) is 0 Å². The number of furan rings is 1. The van der Waals surface area contributed by atoms with Gasteiger partial charge in [-0.25, -0.2) is 0 Å². The minimum absolute atomic E-state index is 0.215. The summed E-state index contributed by atoms with van der Waals surface area (Å²) in [5.74, 6) is 0.851. The zero-order valence-corrected chi connectivity index (χ0v) is 18.0. The third kappa shape index (κ3) is 5.24. The Hall–Kier alpha value is -4.46. The Kier molecular flexibility index (Phi) is 6.45. The molecule has 0 atom stereocenters. The first-order chi connectivity index (χ1) is 16.0. The molecule has 1 heterocycles. The maximum atomic E-state index is 12.4. The van der Waals surface area contributed by atoms with Crippen LogP contribution in [0.3, 0.4) is 0 Å². The minimum atomic E-state index is -0.332. The average molecular weight is 445 g/mol. The van der Waals surface area contributed by atoms with Crippen LogP contribution in [0.4, 0.5) is 11.4 Å². The highest BCUT2D eigenvalue weighted by Gasteiger charge is 2.13. The van der Waals surface area contributed by atoms with Gasteiger partial charge in [-0.15, -0.1) is 0 Å². The molecule has 33 heavy (non-hydrogen) atoms. The van der Waals surface area contributed by atoms with E-state index in [2.05, 4.69) is 10.6 Å². The molecule has 4 N–H and O–H groups in total. The van der Waals surface area contributed by atoms with Crippen molar-refractivity contribution in [1.82, 2.24) is 5.32 Å². The van der Waals surface area contributed by atoms with Gasteiger partial charge >= 0.3 is 0 Å². The van der Waals surface area contributed by atoms with Crippen LogP contribution in [0.2, 0.25) is 0 Å². The molecule has 0 unspecified atom stereocenters. The van der Waals surface area contributed by atoms with Gasteiger partial charge in [0.15, 0.2) is 5.76 Å². The number of amides is 2. The van der Waals surface area contributed by atoms with Crippen LogP contribution in [-0.2, 0) is 0 Å². The van der Waals surface area contributed by atoms with E-state index >= 15 is 0 Å². The first kappa shape index (κ1) is 21.8. The number of para-hydroxylation sites is 2. The van der Waals surface area contributed by atoms with Gasteiger partial charge in [0.2, 0.25) is 0 Å². The fourth-order valence-electron chi connectivity index (χ4n) is 3.18. The highest BCUT2D eigenvalue weighted by atomic mass is 16.5. The monoisotopic (exact) mass is 445 g/mol. The van der Waals surface area contributed by atoms with Crippen LogP contribution in [0.5, 0.6) is 11.5 Å². The lowest BCUT2D eigenvalue weighted by molar-refractivity contribution is 0.0920. The predicted molar refractivity (Wildman–Crippen MR) is 126 cm³/mol. The second-order valence-corrected chi connectivity index (χ2v) is 7.18. The van der Waals surface area contributed by atoms with Crippen LogP contribution in [0.25, 0.3) is 11.0 Å². The summed E-state index contributed by atoms with van der Waals surface area (Å²) in [6, 6.07) is 20.8. The van der Waals surface area contributed by atoms with Crippen molar-refractivity contribution >= 4 is 34.2 Å². The number of anilines is 2. The fourth-order valence-corrected chi connectivity index (χ4v) is 3.18. The van der Waals surface area contributed by atoms with Gasteiger partial charge in [-0.05, 0) is 54.6 Å². The lowest BCUT2D eigenvalue weighted by atomic mass is 10.2. The number of carbonyl (C=O) groups is 2. The number of rotatable bonds is 8. The normalized spacial score (nSPS) is 10.6. The largest absolute Gasteiger partial charge is 0.497 e. The van der Waals surface area contributed by atoms with E-state index in [-0.39, 0.29) is 30.7 Å². The molecule has 0 aliphatic heterocycles. The zero-order valence-electron chi connectivity index (χ0n) is 18.0. The smallest absolute Gasteiger partial charge is 0.287 e. The molecule has 8 nitrogen and oxygen atoms in total. The summed E-state index contributed by atoms with van der Waals surface area (Å²) in [5, 5.41) is 6.35. The first-order valence-corrected chi connectivity index (χ1v) is 10.3. The molecule has 0 bridgehead atoms. The summed E-state index contributed by atoms with van der Waals surface area (Å²) >= 11 is 0. The van der Waals surface area contributed by atoms with Gasteiger partial charge in [-0.3, -0.25) is 9.59 Å². The molecule has 0 fully saturated rings. The Balaban J connectivity index is 1.25. The summed E-state index contributed by atoms with van der Waals surface area (Å²) in [5.41, 5.74) is 7.96. The van der Waals surface area contributed by atoms with Crippen LogP contribution < -0.4 is 25.8 Å². The zero-order chi connectivity index (χ0) is 23.2. The lowest BCUT2D eigenvalue weighted by Gasteiger charge is -2.09. The number of nitrogen functional groups attached to an aromatic ring is 1. The second-order valence-electron chi connectivity index (χ2n) is 7.18. The number of nitrogens with two attached hydrogens (primary N) is 1. The lowest BCUT2D eigenvalue weighted by Crippen LogP contribution is -2.27. The van der Waals surface area contributed by atoms with E-state index in [4.69, 9.17) is 19.6 Å². The summed E-state index contributed by atoms with van der Waals surface area (Å²) in [7, 11) is 1.57. The number of carbonyl (C=O) groups excluding carboxylic acids is 2. The van der Waals surface area contributed by atoms with E-state index < -0.39 is 0 Å². The second kappa shape index (κ2) is 9.78. The molecule has 0 aliphatic carbocycles. The molecule has 4 rings (SSSR count). The highest BCUT2D eigenvalue weighted by Crippen LogP contribution is 2.24. The van der Waals surface area contributed by atoms with Crippen molar-refractivity contribution in [1.29, 1.82) is 0 Å². The van der Waals surface area contributed by atoms with Gasteiger partial charge in [-0.2, -0.15) is 0 Å². The Morgan fingerprint density at radius 2 is 1.70 bits per heavy atom. The van der Waals surface area contributed by atoms with Gasteiger partial charge in [0.1, 0.15) is 23.7 Å². The summed E-state index contributed by atoms with van der Waals surface area (Å²) < 4.78 is 16.4. The van der Waals surface area contributed by atoms with Gasteiger partial charge in [0.25, 0.3) is 11.8 Å². The Morgan fingerprint density at radius 3 is 2.45 bits per heavy atom. The molecule has 0 saturated carbocycles. The Morgan fingerprint density at radius 1 is 0.939 bits per heavy atom. The number of fused-ring (bicyclic) bond motifs is 1. The predicted octanol–water partition coefficient (Wildman–Crippen LogP) is 4.08. The molecule has 0 saturated heterocycles. The molecule has 3 aromatic carbocycles. The average Bonchev–Trinajstić information content (AvgIpc) is 3.27. The first-order valence-electron chi connectivity index (χ1n) is 10.3. The molecule has 8 heteroatoms. The summed E-state index contributed by atoms with van der Waals surface area (Å²) in [6.07, 6.45) is 0. The van der Waals surface area contributed by atoms with Crippen molar-refractivity contribution in [3.63, 3.8) is 0 Å². The van der Waals surface area contributed by atoms with Crippen molar-refractivity contribution in [2.45, 2.75) is 0 Å². The summed E-state index contributed by atoms with van der Waals surface area (Å²) in [4.78, 5) is 24.7. The third-order valence-corrected chi connectivity index (χ3v) is 4.93. The van der Waals surface area contributed by atoms with Gasteiger partial charge < -0.3 is 30.3 Å². The van der Waals surface area contributed by atoms with Crippen LogP contribution in [0.1, 0.15) is 20.9 Å². The molecule has 0 spiro atoms. The number of hydrogen-bond acceptors (Lipinski definition) is 6. The Labute approximate surface area is 190 Å².